The number of methoxy groups -OCH3 is 2. The van der Waals surface area contributed by atoms with E-state index in [1.165, 1.54) is 0 Å². The second-order valence-electron chi connectivity index (χ2n) is 3.88. The molecular weight excluding hydrogens is 184 g/mol. The van der Waals surface area contributed by atoms with Crippen molar-refractivity contribution in [1.29, 1.82) is 0 Å². The molecule has 4 heteroatoms. The molecule has 0 bridgehead atoms. The number of hydrogen-bond donors (Lipinski definition) is 1. The average molecular weight is 204 g/mol. The van der Waals surface area contributed by atoms with E-state index in [4.69, 9.17) is 19.3 Å². The van der Waals surface area contributed by atoms with Crippen LogP contribution in [0.15, 0.2) is 0 Å². The molecular formula is C10H20O4. The smallest absolute Gasteiger partial charge is 0.160 e. The van der Waals surface area contributed by atoms with Gasteiger partial charge >= 0.3 is 0 Å². The maximum Gasteiger partial charge on any atom is 0.160 e. The van der Waals surface area contributed by atoms with Crippen molar-refractivity contribution in [2.24, 2.45) is 11.8 Å². The molecule has 1 saturated heterocycles. The molecule has 0 spiro atoms. The van der Waals surface area contributed by atoms with Gasteiger partial charge in [0.2, 0.25) is 0 Å². The van der Waals surface area contributed by atoms with Gasteiger partial charge in [-0.25, -0.2) is 0 Å². The van der Waals surface area contributed by atoms with Gasteiger partial charge in [0.1, 0.15) is 6.10 Å². The van der Waals surface area contributed by atoms with Crippen molar-refractivity contribution < 1.29 is 19.3 Å². The molecule has 0 aromatic carbocycles. The maximum absolute atomic E-state index is 9.15. The van der Waals surface area contributed by atoms with Crippen molar-refractivity contribution >= 4 is 0 Å². The number of rotatable bonds is 3. The third-order valence-electron chi connectivity index (χ3n) is 3.14. The van der Waals surface area contributed by atoms with Crippen molar-refractivity contribution in [1.82, 2.24) is 0 Å². The molecule has 1 aliphatic heterocycles. The van der Waals surface area contributed by atoms with Crippen molar-refractivity contribution in [3.63, 3.8) is 0 Å². The predicted octanol–water partition coefficient (Wildman–Crippen LogP) is 0.637. The highest BCUT2D eigenvalue weighted by Crippen LogP contribution is 2.32. The quantitative estimate of drug-likeness (QED) is 0.732. The van der Waals surface area contributed by atoms with Crippen molar-refractivity contribution in [3.05, 3.63) is 0 Å². The second kappa shape index (κ2) is 5.07. The minimum absolute atomic E-state index is 0.0323. The van der Waals surface area contributed by atoms with Crippen LogP contribution in [0.3, 0.4) is 0 Å². The van der Waals surface area contributed by atoms with E-state index in [9.17, 15) is 0 Å². The first-order chi connectivity index (χ1) is 6.65. The summed E-state index contributed by atoms with van der Waals surface area (Å²) in [6, 6.07) is 0. The summed E-state index contributed by atoms with van der Waals surface area (Å²) in [5.74, 6) is 0.587. The van der Waals surface area contributed by atoms with Crippen molar-refractivity contribution in [2.45, 2.75) is 32.3 Å². The Morgan fingerprint density at radius 3 is 2.21 bits per heavy atom. The summed E-state index contributed by atoms with van der Waals surface area (Å²) in [5.41, 5.74) is 0. The van der Waals surface area contributed by atoms with Gasteiger partial charge in [0.15, 0.2) is 6.29 Å². The number of ether oxygens (including phenoxy) is 3. The molecule has 5 atom stereocenters. The minimum atomic E-state index is -0.281. The first-order valence-electron chi connectivity index (χ1n) is 4.97. The zero-order chi connectivity index (χ0) is 10.7. The molecule has 0 saturated carbocycles. The molecule has 0 aliphatic carbocycles. The van der Waals surface area contributed by atoms with Crippen LogP contribution in [0.5, 0.6) is 0 Å². The van der Waals surface area contributed by atoms with E-state index in [1.54, 1.807) is 14.2 Å². The zero-order valence-corrected chi connectivity index (χ0v) is 9.27. The van der Waals surface area contributed by atoms with Gasteiger partial charge < -0.3 is 19.3 Å². The van der Waals surface area contributed by atoms with E-state index >= 15 is 0 Å². The Labute approximate surface area is 85.2 Å². The lowest BCUT2D eigenvalue weighted by molar-refractivity contribution is -0.264. The topological polar surface area (TPSA) is 47.9 Å². The average Bonchev–Trinajstić information content (AvgIpc) is 2.21. The van der Waals surface area contributed by atoms with Gasteiger partial charge in [-0.1, -0.05) is 13.8 Å². The summed E-state index contributed by atoms with van der Waals surface area (Å²) in [7, 11) is 3.27. The van der Waals surface area contributed by atoms with E-state index in [2.05, 4.69) is 13.8 Å². The lowest BCUT2D eigenvalue weighted by Crippen LogP contribution is -2.52. The second-order valence-corrected chi connectivity index (χ2v) is 3.88. The standard InChI is InChI=1S/C10H20O4/c1-6-7(2)10(13-4)14-8(5-11)9(6)12-3/h6-11H,5H2,1-4H3/t6-,7?,8?,9+,10-/m1/s1. The largest absolute Gasteiger partial charge is 0.394 e. The molecule has 84 valence electrons. The molecule has 1 rings (SSSR count). The van der Waals surface area contributed by atoms with Crippen LogP contribution >= 0.6 is 0 Å². The van der Waals surface area contributed by atoms with Crippen LogP contribution in [-0.4, -0.2) is 44.4 Å². The van der Waals surface area contributed by atoms with E-state index in [1.807, 2.05) is 0 Å². The summed E-state index contributed by atoms with van der Waals surface area (Å²) in [4.78, 5) is 0. The van der Waals surface area contributed by atoms with Crippen molar-refractivity contribution in [3.8, 4) is 0 Å². The Bertz CT molecular complexity index is 172. The van der Waals surface area contributed by atoms with Crippen LogP contribution in [0.2, 0.25) is 0 Å². The van der Waals surface area contributed by atoms with Gasteiger partial charge in [-0.15, -0.1) is 0 Å². The van der Waals surface area contributed by atoms with Gasteiger partial charge in [0.25, 0.3) is 0 Å². The number of hydrogen-bond acceptors (Lipinski definition) is 4. The normalized spacial score (nSPS) is 43.9. The fourth-order valence-corrected chi connectivity index (χ4v) is 2.04. The summed E-state index contributed by atoms with van der Waals surface area (Å²) >= 11 is 0. The zero-order valence-electron chi connectivity index (χ0n) is 9.27. The van der Waals surface area contributed by atoms with E-state index in [0.717, 1.165) is 0 Å². The van der Waals surface area contributed by atoms with Crippen LogP contribution < -0.4 is 0 Å². The molecule has 1 aliphatic rings. The molecule has 1 N–H and O–H groups in total. The third-order valence-corrected chi connectivity index (χ3v) is 3.14. The van der Waals surface area contributed by atoms with Crippen molar-refractivity contribution in [2.75, 3.05) is 20.8 Å². The van der Waals surface area contributed by atoms with Crippen LogP contribution in [-0.2, 0) is 14.2 Å². The molecule has 1 fully saturated rings. The third kappa shape index (κ3) is 2.08. The summed E-state index contributed by atoms with van der Waals surface area (Å²) < 4.78 is 16.1. The van der Waals surface area contributed by atoms with Gasteiger partial charge in [-0.05, 0) is 5.92 Å². The van der Waals surface area contributed by atoms with Gasteiger partial charge in [0.05, 0.1) is 12.7 Å². The molecule has 0 radical (unpaired) electrons. The summed E-state index contributed by atoms with van der Waals surface area (Å²) in [6.45, 7) is 4.13. The Morgan fingerprint density at radius 1 is 1.14 bits per heavy atom. The Hall–Kier alpha value is -0.160. The van der Waals surface area contributed by atoms with E-state index < -0.39 is 0 Å². The van der Waals surface area contributed by atoms with Gasteiger partial charge in [-0.2, -0.15) is 0 Å². The van der Waals surface area contributed by atoms with E-state index in [0.29, 0.717) is 5.92 Å². The lowest BCUT2D eigenvalue weighted by Gasteiger charge is -2.42. The number of aliphatic hydroxyl groups excluding tert-OH is 1. The molecule has 0 aromatic heterocycles. The Morgan fingerprint density at radius 2 is 1.79 bits per heavy atom. The Balaban J connectivity index is 2.71. The predicted molar refractivity (Wildman–Crippen MR) is 51.9 cm³/mol. The molecule has 0 amide bonds. The molecule has 2 unspecified atom stereocenters. The van der Waals surface area contributed by atoms with Crippen LogP contribution in [0.25, 0.3) is 0 Å². The minimum Gasteiger partial charge on any atom is -0.394 e. The van der Waals surface area contributed by atoms with Crippen LogP contribution in [0, 0.1) is 11.8 Å². The highest BCUT2D eigenvalue weighted by Gasteiger charge is 2.41. The first kappa shape index (κ1) is 11.9. The monoisotopic (exact) mass is 204 g/mol. The van der Waals surface area contributed by atoms with Gasteiger partial charge in [0, 0.05) is 20.1 Å². The summed E-state index contributed by atoms with van der Waals surface area (Å²) in [5, 5.41) is 9.15. The molecule has 14 heavy (non-hydrogen) atoms. The van der Waals surface area contributed by atoms with E-state index in [-0.39, 0.29) is 31.0 Å². The number of aliphatic hydroxyl groups is 1. The fraction of sp³-hybridized carbons (Fsp3) is 1.00. The fourth-order valence-electron chi connectivity index (χ4n) is 2.04. The lowest BCUT2D eigenvalue weighted by atomic mass is 9.85. The highest BCUT2D eigenvalue weighted by molar-refractivity contribution is 4.85. The molecule has 1 heterocycles. The molecule has 0 aromatic rings. The maximum atomic E-state index is 9.15. The summed E-state index contributed by atoms with van der Waals surface area (Å²) in [6.07, 6.45) is -0.578. The van der Waals surface area contributed by atoms with Gasteiger partial charge in [-0.3, -0.25) is 0 Å². The Kier molecular flexibility index (Phi) is 4.31. The first-order valence-corrected chi connectivity index (χ1v) is 4.97. The highest BCUT2D eigenvalue weighted by atomic mass is 16.7. The molecule has 4 nitrogen and oxygen atoms in total. The SMILES string of the molecule is CO[C@@H]1OC(CO)[C@@H](OC)[C@H](C)C1C. The van der Waals surface area contributed by atoms with Crippen LogP contribution in [0.1, 0.15) is 13.8 Å². The van der Waals surface area contributed by atoms with Crippen LogP contribution in [0.4, 0.5) is 0 Å².